The maximum absolute atomic E-state index is 14.9. The molecule has 2 aliphatic heterocycles. The first kappa shape index (κ1) is 27.7. The van der Waals surface area contributed by atoms with E-state index in [-0.39, 0.29) is 12.1 Å². The number of rotatable bonds is 9. The Balaban J connectivity index is 1.44. The van der Waals surface area contributed by atoms with Crippen LogP contribution in [-0.4, -0.2) is 33.3 Å². The topological polar surface area (TPSA) is 56.3 Å². The third kappa shape index (κ3) is 5.18. The molecule has 6 nitrogen and oxygen atoms in total. The Labute approximate surface area is 253 Å². The molecule has 7 rings (SSSR count). The van der Waals surface area contributed by atoms with Crippen LogP contribution >= 0.6 is 0 Å². The van der Waals surface area contributed by atoms with Gasteiger partial charge in [0.1, 0.15) is 28.7 Å². The van der Waals surface area contributed by atoms with Crippen molar-refractivity contribution in [2.24, 2.45) is 0 Å². The lowest BCUT2D eigenvalue weighted by atomic mass is 9.97. The Bertz CT molecular complexity index is 2020. The minimum atomic E-state index is -0.605. The number of pyridine rings is 1. The fourth-order valence-corrected chi connectivity index (χ4v) is 5.85. The average molecular weight is 589 g/mol. The van der Waals surface area contributed by atoms with Gasteiger partial charge in [-0.15, -0.1) is 10.2 Å². The Morgan fingerprint density at radius 3 is 2.39 bits per heavy atom. The largest absolute Gasteiger partial charge is 0.476 e. The standard InChI is InChI=1S/C36H30F2N4O2/c1-3-43-36-29-22-42(21-28-30(37)13-9-14-31(28)38)32-18-26(34-17-24-12-7-8-15-33(24)44-34)25(16-27(32)35(29)39-40-36)20-41(2)19-23-10-5-4-6-11-23/h4-18,22H,3,19-21H2,1-2H3. The fraction of sp³-hybridized carbons (Fsp3) is 0.167. The summed E-state index contributed by atoms with van der Waals surface area (Å²) in [4.78, 5) is 2.24. The number of aromatic nitrogens is 3. The van der Waals surface area contributed by atoms with Crippen molar-refractivity contribution in [3.8, 4) is 28.5 Å². The minimum Gasteiger partial charge on any atom is -0.476 e. The van der Waals surface area contributed by atoms with Gasteiger partial charge in [0.25, 0.3) is 0 Å². The highest BCUT2D eigenvalue weighted by atomic mass is 19.1. The zero-order valence-corrected chi connectivity index (χ0v) is 24.4. The van der Waals surface area contributed by atoms with Crippen molar-refractivity contribution in [2.45, 2.75) is 26.6 Å². The molecule has 0 unspecified atom stereocenters. The lowest BCUT2D eigenvalue weighted by molar-refractivity contribution is 0.319. The molecule has 0 saturated heterocycles. The second kappa shape index (κ2) is 11.5. The van der Waals surface area contributed by atoms with Crippen LogP contribution in [-0.2, 0) is 19.6 Å². The van der Waals surface area contributed by atoms with Crippen molar-refractivity contribution >= 4 is 21.9 Å². The molecule has 0 bridgehead atoms. The van der Waals surface area contributed by atoms with Crippen molar-refractivity contribution in [1.29, 1.82) is 0 Å². The summed E-state index contributed by atoms with van der Waals surface area (Å²) in [7, 11) is 2.08. The summed E-state index contributed by atoms with van der Waals surface area (Å²) >= 11 is 0. The van der Waals surface area contributed by atoms with Crippen LogP contribution in [0.5, 0.6) is 5.88 Å². The van der Waals surface area contributed by atoms with Crippen molar-refractivity contribution in [3.63, 3.8) is 0 Å². The Morgan fingerprint density at radius 1 is 0.841 bits per heavy atom. The van der Waals surface area contributed by atoms with Crippen LogP contribution in [0, 0.1) is 11.6 Å². The number of fused-ring (bicyclic) bond motifs is 4. The monoisotopic (exact) mass is 588 g/mol. The van der Waals surface area contributed by atoms with E-state index in [1.807, 2.05) is 72.3 Å². The molecule has 5 aromatic rings. The summed E-state index contributed by atoms with van der Waals surface area (Å²) in [6.07, 6.45) is 1.82. The molecule has 1 aromatic heterocycles. The maximum Gasteiger partial charge on any atom is 0.244 e. The van der Waals surface area contributed by atoms with Crippen LogP contribution in [0.25, 0.3) is 44.5 Å². The second-order valence-electron chi connectivity index (χ2n) is 11.0. The minimum absolute atomic E-state index is 0.0273. The molecule has 8 heteroatoms. The highest BCUT2D eigenvalue weighted by Gasteiger charge is 2.24. The first-order valence-corrected chi connectivity index (χ1v) is 14.6. The van der Waals surface area contributed by atoms with E-state index in [4.69, 9.17) is 9.15 Å². The van der Waals surface area contributed by atoms with E-state index in [0.29, 0.717) is 36.0 Å². The molecule has 3 heterocycles. The van der Waals surface area contributed by atoms with Gasteiger partial charge < -0.3 is 13.7 Å². The Morgan fingerprint density at radius 2 is 1.61 bits per heavy atom. The van der Waals surface area contributed by atoms with Crippen LogP contribution < -0.4 is 4.74 Å². The first-order valence-electron chi connectivity index (χ1n) is 14.6. The van der Waals surface area contributed by atoms with Gasteiger partial charge in [0.2, 0.25) is 5.88 Å². The molecule has 0 amide bonds. The number of furan rings is 1. The van der Waals surface area contributed by atoms with Crippen molar-refractivity contribution < 1.29 is 17.9 Å². The van der Waals surface area contributed by atoms with Gasteiger partial charge in [-0.1, -0.05) is 54.6 Å². The van der Waals surface area contributed by atoms with Crippen LogP contribution in [0.3, 0.4) is 0 Å². The molecule has 2 aliphatic rings. The van der Waals surface area contributed by atoms with Crippen LogP contribution in [0.1, 0.15) is 23.6 Å². The number of hydrogen-bond acceptors (Lipinski definition) is 5. The predicted molar refractivity (Wildman–Crippen MR) is 168 cm³/mol. The highest BCUT2D eigenvalue weighted by molar-refractivity contribution is 5.98. The SMILES string of the molecule is CCOc1nnc2c3cc(CN(C)Cc4ccccc4)c(-c4cc5ccccc5o4)cc3n(Cc3c(F)cccc3F)cc1-2. The number of hydrogen-bond donors (Lipinski definition) is 0. The smallest absolute Gasteiger partial charge is 0.244 e. The lowest BCUT2D eigenvalue weighted by Gasteiger charge is -2.21. The van der Waals surface area contributed by atoms with Gasteiger partial charge in [-0.05, 0) is 61.5 Å². The third-order valence-electron chi connectivity index (χ3n) is 7.90. The van der Waals surface area contributed by atoms with Gasteiger partial charge >= 0.3 is 0 Å². The summed E-state index contributed by atoms with van der Waals surface area (Å²) in [6, 6.07) is 28.3. The van der Waals surface area contributed by atoms with Crippen molar-refractivity contribution in [1.82, 2.24) is 19.7 Å². The van der Waals surface area contributed by atoms with E-state index in [1.165, 1.54) is 23.8 Å². The van der Waals surface area contributed by atoms with E-state index in [9.17, 15) is 8.78 Å². The van der Waals surface area contributed by atoms with E-state index in [2.05, 4.69) is 40.3 Å². The number of para-hydroxylation sites is 1. The summed E-state index contributed by atoms with van der Waals surface area (Å²) in [6.45, 7) is 3.62. The molecule has 0 N–H and O–H groups in total. The van der Waals surface area contributed by atoms with Gasteiger partial charge in [0.15, 0.2) is 0 Å². The van der Waals surface area contributed by atoms with Crippen molar-refractivity contribution in [3.05, 3.63) is 126 Å². The molecule has 0 atom stereocenters. The van der Waals surface area contributed by atoms with E-state index in [1.54, 1.807) is 0 Å². The van der Waals surface area contributed by atoms with Crippen LogP contribution in [0.2, 0.25) is 0 Å². The number of benzene rings is 4. The van der Waals surface area contributed by atoms with Gasteiger partial charge in [0, 0.05) is 41.2 Å². The lowest BCUT2D eigenvalue weighted by Crippen LogP contribution is -2.18. The number of ether oxygens (including phenoxy) is 1. The van der Waals surface area contributed by atoms with Gasteiger partial charge in [-0.3, -0.25) is 4.90 Å². The Kier molecular flexibility index (Phi) is 7.28. The molecule has 0 saturated carbocycles. The summed E-state index contributed by atoms with van der Waals surface area (Å²) in [5.41, 5.74) is 5.96. The summed E-state index contributed by atoms with van der Waals surface area (Å²) in [5.74, 6) is -0.114. The van der Waals surface area contributed by atoms with Gasteiger partial charge in [-0.2, -0.15) is 0 Å². The fourth-order valence-electron chi connectivity index (χ4n) is 5.85. The van der Waals surface area contributed by atoms with Crippen molar-refractivity contribution in [2.75, 3.05) is 13.7 Å². The molecule has 0 spiro atoms. The molecule has 0 fully saturated rings. The Hall–Kier alpha value is -5.08. The molecule has 0 radical (unpaired) electrons. The van der Waals surface area contributed by atoms with E-state index >= 15 is 0 Å². The van der Waals surface area contributed by atoms with Gasteiger partial charge in [0.05, 0.1) is 24.2 Å². The summed E-state index contributed by atoms with van der Waals surface area (Å²) in [5, 5.41) is 10.6. The zero-order chi connectivity index (χ0) is 30.2. The van der Waals surface area contributed by atoms with E-state index < -0.39 is 11.6 Å². The molecule has 220 valence electrons. The predicted octanol–water partition coefficient (Wildman–Crippen LogP) is 8.31. The van der Waals surface area contributed by atoms with Crippen LogP contribution in [0.15, 0.2) is 102 Å². The third-order valence-corrected chi connectivity index (χ3v) is 7.90. The molecular weight excluding hydrogens is 558 g/mol. The van der Waals surface area contributed by atoms with Crippen LogP contribution in [0.4, 0.5) is 8.78 Å². The molecular formula is C36H30F2N4O2. The molecule has 4 aromatic carbocycles. The summed E-state index contributed by atoms with van der Waals surface area (Å²) < 4.78 is 43.8. The first-order chi connectivity index (χ1) is 21.5. The van der Waals surface area contributed by atoms with E-state index in [0.717, 1.165) is 39.5 Å². The highest BCUT2D eigenvalue weighted by Crippen LogP contribution is 2.40. The number of halogens is 2. The molecule has 44 heavy (non-hydrogen) atoms. The average Bonchev–Trinajstić information content (AvgIpc) is 3.64. The van der Waals surface area contributed by atoms with Gasteiger partial charge in [-0.25, -0.2) is 8.78 Å². The molecule has 0 aliphatic carbocycles. The normalized spacial score (nSPS) is 11.8. The number of nitrogens with zero attached hydrogens (tertiary/aromatic N) is 4. The maximum atomic E-state index is 14.9. The quantitative estimate of drug-likeness (QED) is 0.170. The zero-order valence-electron chi connectivity index (χ0n) is 24.4. The second-order valence-corrected chi connectivity index (χ2v) is 11.0.